The predicted molar refractivity (Wildman–Crippen MR) is 77.8 cm³/mol. The molecule has 1 aromatic heterocycles. The summed E-state index contributed by atoms with van der Waals surface area (Å²) in [7, 11) is 2.08. The van der Waals surface area contributed by atoms with Crippen LogP contribution < -0.4 is 5.73 Å². The third kappa shape index (κ3) is 3.46. The molecule has 1 unspecified atom stereocenters. The van der Waals surface area contributed by atoms with Gasteiger partial charge >= 0.3 is 0 Å². The number of aryl methyl sites for hydroxylation is 1. The first-order chi connectivity index (χ1) is 8.99. The van der Waals surface area contributed by atoms with E-state index in [-0.39, 0.29) is 5.54 Å². The van der Waals surface area contributed by atoms with Gasteiger partial charge in [0.1, 0.15) is 5.76 Å². The first kappa shape index (κ1) is 13.8. The molecule has 3 heteroatoms. The molecular weight excluding hydrogens is 236 g/mol. The monoisotopic (exact) mass is 258 g/mol. The summed E-state index contributed by atoms with van der Waals surface area (Å²) in [6.07, 6.45) is 1.73. The lowest BCUT2D eigenvalue weighted by molar-refractivity contribution is 0.251. The number of nitrogens with two attached hydrogens (primary N) is 1. The predicted octanol–water partition coefficient (Wildman–Crippen LogP) is 2.89. The van der Waals surface area contributed by atoms with Gasteiger partial charge in [-0.15, -0.1) is 0 Å². The van der Waals surface area contributed by atoms with E-state index in [0.29, 0.717) is 0 Å². The number of furan rings is 1. The van der Waals surface area contributed by atoms with Crippen LogP contribution in [0.15, 0.2) is 47.1 Å². The normalized spacial score (nSPS) is 14.6. The van der Waals surface area contributed by atoms with E-state index in [0.717, 1.165) is 24.4 Å². The van der Waals surface area contributed by atoms with Gasteiger partial charge in [-0.1, -0.05) is 30.3 Å². The highest BCUT2D eigenvalue weighted by Gasteiger charge is 2.23. The zero-order valence-electron chi connectivity index (χ0n) is 11.9. The molecular formula is C16H22N2O. The third-order valence-corrected chi connectivity index (χ3v) is 3.44. The molecule has 0 amide bonds. The van der Waals surface area contributed by atoms with E-state index in [1.165, 1.54) is 5.56 Å². The van der Waals surface area contributed by atoms with Crippen molar-refractivity contribution in [3.63, 3.8) is 0 Å². The van der Waals surface area contributed by atoms with Crippen LogP contribution in [0.4, 0.5) is 0 Å². The molecule has 0 radical (unpaired) electrons. The van der Waals surface area contributed by atoms with Crippen molar-refractivity contribution in [2.75, 3.05) is 13.6 Å². The fourth-order valence-electron chi connectivity index (χ4n) is 2.39. The Labute approximate surface area is 115 Å². The first-order valence-corrected chi connectivity index (χ1v) is 6.55. The molecule has 0 bridgehead atoms. The van der Waals surface area contributed by atoms with E-state index in [2.05, 4.69) is 31.0 Å². The van der Waals surface area contributed by atoms with Crippen LogP contribution in [0.5, 0.6) is 0 Å². The SMILES string of the molecule is Cc1occc1CN(C)CC(C)(N)c1ccccc1. The molecule has 1 aromatic carbocycles. The second-order valence-electron chi connectivity index (χ2n) is 5.46. The summed E-state index contributed by atoms with van der Waals surface area (Å²) in [5.41, 5.74) is 8.46. The average molecular weight is 258 g/mol. The number of nitrogens with zero attached hydrogens (tertiary/aromatic N) is 1. The highest BCUT2D eigenvalue weighted by atomic mass is 16.3. The van der Waals surface area contributed by atoms with Crippen molar-refractivity contribution in [3.8, 4) is 0 Å². The van der Waals surface area contributed by atoms with Gasteiger partial charge in [0.05, 0.1) is 11.8 Å². The second-order valence-corrected chi connectivity index (χ2v) is 5.46. The van der Waals surface area contributed by atoms with Gasteiger partial charge in [-0.05, 0) is 32.5 Å². The summed E-state index contributed by atoms with van der Waals surface area (Å²) < 4.78 is 5.32. The van der Waals surface area contributed by atoms with E-state index < -0.39 is 0 Å². The molecule has 2 rings (SSSR count). The van der Waals surface area contributed by atoms with Gasteiger partial charge in [0, 0.05) is 18.7 Å². The number of likely N-dealkylation sites (N-methyl/N-ethyl adjacent to an activating group) is 1. The lowest BCUT2D eigenvalue weighted by Gasteiger charge is -2.30. The number of benzene rings is 1. The number of rotatable bonds is 5. The Bertz CT molecular complexity index is 517. The minimum atomic E-state index is -0.354. The standard InChI is InChI=1S/C16H22N2O/c1-13-14(9-10-19-13)11-18(3)12-16(2,17)15-7-5-4-6-8-15/h4-10H,11-12,17H2,1-3H3. The van der Waals surface area contributed by atoms with Crippen LogP contribution in [-0.2, 0) is 12.1 Å². The fourth-order valence-corrected chi connectivity index (χ4v) is 2.39. The zero-order valence-corrected chi connectivity index (χ0v) is 11.9. The maximum absolute atomic E-state index is 6.44. The van der Waals surface area contributed by atoms with Crippen LogP contribution >= 0.6 is 0 Å². The Kier molecular flexibility index (Phi) is 4.08. The molecule has 3 nitrogen and oxygen atoms in total. The minimum absolute atomic E-state index is 0.354. The van der Waals surface area contributed by atoms with Crippen molar-refractivity contribution in [2.45, 2.75) is 25.9 Å². The molecule has 0 aliphatic carbocycles. The van der Waals surface area contributed by atoms with Crippen molar-refractivity contribution < 1.29 is 4.42 Å². The van der Waals surface area contributed by atoms with Crippen molar-refractivity contribution in [2.24, 2.45) is 5.73 Å². The molecule has 0 aliphatic rings. The molecule has 1 atom stereocenters. The topological polar surface area (TPSA) is 42.4 Å². The van der Waals surface area contributed by atoms with E-state index >= 15 is 0 Å². The van der Waals surface area contributed by atoms with Gasteiger partial charge in [0.25, 0.3) is 0 Å². The van der Waals surface area contributed by atoms with E-state index in [9.17, 15) is 0 Å². The van der Waals surface area contributed by atoms with Gasteiger partial charge in [0.2, 0.25) is 0 Å². The van der Waals surface area contributed by atoms with Crippen LogP contribution in [0, 0.1) is 6.92 Å². The lowest BCUT2D eigenvalue weighted by atomic mass is 9.92. The smallest absolute Gasteiger partial charge is 0.105 e. The molecule has 0 fully saturated rings. The highest BCUT2D eigenvalue weighted by Crippen LogP contribution is 2.20. The van der Waals surface area contributed by atoms with Crippen LogP contribution in [-0.4, -0.2) is 18.5 Å². The average Bonchev–Trinajstić information content (AvgIpc) is 2.75. The van der Waals surface area contributed by atoms with Crippen molar-refractivity contribution in [1.29, 1.82) is 0 Å². The van der Waals surface area contributed by atoms with Crippen LogP contribution in [0.1, 0.15) is 23.8 Å². The summed E-state index contributed by atoms with van der Waals surface area (Å²) in [5, 5.41) is 0. The van der Waals surface area contributed by atoms with Crippen molar-refractivity contribution >= 4 is 0 Å². The largest absolute Gasteiger partial charge is 0.469 e. The summed E-state index contributed by atoms with van der Waals surface area (Å²) in [5.74, 6) is 0.977. The highest BCUT2D eigenvalue weighted by molar-refractivity contribution is 5.23. The van der Waals surface area contributed by atoms with Crippen LogP contribution in [0.25, 0.3) is 0 Å². The Hall–Kier alpha value is -1.58. The van der Waals surface area contributed by atoms with Crippen LogP contribution in [0.3, 0.4) is 0 Å². The second kappa shape index (κ2) is 5.59. The number of hydrogen-bond donors (Lipinski definition) is 1. The maximum Gasteiger partial charge on any atom is 0.105 e. The lowest BCUT2D eigenvalue weighted by Crippen LogP contribution is -2.43. The summed E-state index contributed by atoms with van der Waals surface area (Å²) in [6, 6.07) is 12.2. The van der Waals surface area contributed by atoms with Crippen LogP contribution in [0.2, 0.25) is 0 Å². The number of hydrogen-bond acceptors (Lipinski definition) is 3. The summed E-state index contributed by atoms with van der Waals surface area (Å²) in [6.45, 7) is 5.70. The molecule has 0 saturated heterocycles. The Morgan fingerprint density at radius 3 is 2.47 bits per heavy atom. The Balaban J connectivity index is 2.02. The molecule has 2 aromatic rings. The minimum Gasteiger partial charge on any atom is -0.469 e. The van der Waals surface area contributed by atoms with Crippen molar-refractivity contribution in [1.82, 2.24) is 4.90 Å². The van der Waals surface area contributed by atoms with E-state index in [1.807, 2.05) is 31.2 Å². The van der Waals surface area contributed by atoms with Gasteiger partial charge in [-0.25, -0.2) is 0 Å². The molecule has 102 valence electrons. The summed E-state index contributed by atoms with van der Waals surface area (Å²) >= 11 is 0. The van der Waals surface area contributed by atoms with Gasteiger partial charge in [-0.3, -0.25) is 4.90 Å². The molecule has 0 saturated carbocycles. The first-order valence-electron chi connectivity index (χ1n) is 6.55. The molecule has 1 heterocycles. The van der Waals surface area contributed by atoms with Gasteiger partial charge < -0.3 is 10.2 Å². The Morgan fingerprint density at radius 2 is 1.89 bits per heavy atom. The molecule has 0 aliphatic heterocycles. The molecule has 2 N–H and O–H groups in total. The van der Waals surface area contributed by atoms with E-state index in [1.54, 1.807) is 6.26 Å². The van der Waals surface area contributed by atoms with Crippen molar-refractivity contribution in [3.05, 3.63) is 59.5 Å². The quantitative estimate of drug-likeness (QED) is 0.896. The molecule has 19 heavy (non-hydrogen) atoms. The van der Waals surface area contributed by atoms with E-state index in [4.69, 9.17) is 10.2 Å². The van der Waals surface area contributed by atoms with Gasteiger partial charge in [0.15, 0.2) is 0 Å². The third-order valence-electron chi connectivity index (χ3n) is 3.44. The maximum atomic E-state index is 6.44. The summed E-state index contributed by atoms with van der Waals surface area (Å²) in [4.78, 5) is 2.23. The molecule has 0 spiro atoms. The fraction of sp³-hybridized carbons (Fsp3) is 0.375. The zero-order chi connectivity index (χ0) is 13.9. The Morgan fingerprint density at radius 1 is 1.21 bits per heavy atom. The van der Waals surface area contributed by atoms with Gasteiger partial charge in [-0.2, -0.15) is 0 Å².